The molecule has 0 aliphatic carbocycles. The molecule has 2 fully saturated rings. The first-order valence-electron chi connectivity index (χ1n) is 12.7. The van der Waals surface area contributed by atoms with E-state index in [0.717, 1.165) is 5.56 Å². The highest BCUT2D eigenvalue weighted by atomic mass is 19.1. The van der Waals surface area contributed by atoms with Gasteiger partial charge in [-0.05, 0) is 62.1 Å². The monoisotopic (exact) mass is 499 g/mol. The zero-order valence-corrected chi connectivity index (χ0v) is 21.5. The number of para-hydroxylation sites is 1. The lowest BCUT2D eigenvalue weighted by Gasteiger charge is -2.42. The third-order valence-corrected chi connectivity index (χ3v) is 7.53. The third-order valence-electron chi connectivity index (χ3n) is 7.53. The summed E-state index contributed by atoms with van der Waals surface area (Å²) in [5.74, 6) is 0.322. The van der Waals surface area contributed by atoms with Crippen LogP contribution in [0.5, 0.6) is 5.75 Å². The zero-order valence-electron chi connectivity index (χ0n) is 21.5. The third kappa shape index (κ3) is 6.35. The number of piperidine rings is 1. The number of ether oxygens (including phenoxy) is 1. The number of β-amino-alcohol motifs (C(OH)–C–C–N with tert-alkyl or cyclic N) is 2. The number of hydrogen-bond donors (Lipinski definition) is 2. The van der Waals surface area contributed by atoms with Gasteiger partial charge in [-0.1, -0.05) is 18.2 Å². The number of rotatable bonds is 6. The van der Waals surface area contributed by atoms with Gasteiger partial charge in [0.25, 0.3) is 0 Å². The van der Waals surface area contributed by atoms with Gasteiger partial charge in [-0.15, -0.1) is 0 Å². The molecule has 4 rings (SSSR count). The molecule has 1 amide bonds. The number of carbonyl (C=O) groups is 1. The van der Waals surface area contributed by atoms with Crippen LogP contribution < -0.4 is 9.64 Å². The Morgan fingerprint density at radius 2 is 1.69 bits per heavy atom. The molecule has 2 aromatic rings. The molecule has 7 nitrogen and oxygen atoms in total. The number of aliphatic hydroxyl groups is 2. The first kappa shape index (κ1) is 26.4. The van der Waals surface area contributed by atoms with Crippen molar-refractivity contribution >= 4 is 11.6 Å². The minimum absolute atomic E-state index is 0.0370. The van der Waals surface area contributed by atoms with Crippen molar-refractivity contribution in [3.63, 3.8) is 0 Å². The molecule has 196 valence electrons. The maximum Gasteiger partial charge on any atom is 0.219 e. The number of hydrogen-bond acceptors (Lipinski definition) is 6. The minimum Gasteiger partial charge on any atom is -0.490 e. The summed E-state index contributed by atoms with van der Waals surface area (Å²) in [5, 5.41) is 23.0. The molecule has 0 aromatic heterocycles. The number of amides is 1. The first-order chi connectivity index (χ1) is 17.1. The highest BCUT2D eigenvalue weighted by molar-refractivity contribution is 5.73. The molecule has 1 atom stereocenters. The number of halogens is 1. The summed E-state index contributed by atoms with van der Waals surface area (Å²) in [4.78, 5) is 17.9. The summed E-state index contributed by atoms with van der Waals surface area (Å²) < 4.78 is 20.2. The molecular weight excluding hydrogens is 461 g/mol. The van der Waals surface area contributed by atoms with Gasteiger partial charge < -0.3 is 24.7 Å². The van der Waals surface area contributed by atoms with E-state index in [-0.39, 0.29) is 31.4 Å². The van der Waals surface area contributed by atoms with Gasteiger partial charge in [-0.3, -0.25) is 9.69 Å². The Bertz CT molecular complexity index is 1070. The van der Waals surface area contributed by atoms with Crippen LogP contribution in [0.2, 0.25) is 0 Å². The summed E-state index contributed by atoms with van der Waals surface area (Å²) in [6, 6.07) is 12.5. The van der Waals surface area contributed by atoms with E-state index in [2.05, 4.69) is 0 Å². The summed E-state index contributed by atoms with van der Waals surface area (Å²) in [6.07, 6.45) is 0.984. The fraction of sp³-hybridized carbons (Fsp3) is 0.536. The van der Waals surface area contributed by atoms with E-state index in [9.17, 15) is 19.4 Å². The molecule has 0 spiro atoms. The Morgan fingerprint density at radius 1 is 0.972 bits per heavy atom. The van der Waals surface area contributed by atoms with Gasteiger partial charge >= 0.3 is 0 Å². The van der Waals surface area contributed by atoms with E-state index in [1.54, 1.807) is 17.0 Å². The Kier molecular flexibility index (Phi) is 7.87. The predicted molar refractivity (Wildman–Crippen MR) is 138 cm³/mol. The Hall–Kier alpha value is -2.68. The molecule has 36 heavy (non-hydrogen) atoms. The van der Waals surface area contributed by atoms with Crippen LogP contribution in [-0.2, 0) is 4.79 Å². The summed E-state index contributed by atoms with van der Waals surface area (Å²) in [5.41, 5.74) is 0.591. The van der Waals surface area contributed by atoms with Crippen molar-refractivity contribution in [2.45, 2.75) is 44.8 Å². The first-order valence-corrected chi connectivity index (χ1v) is 12.7. The van der Waals surface area contributed by atoms with Crippen molar-refractivity contribution in [3.05, 3.63) is 59.4 Å². The van der Waals surface area contributed by atoms with Gasteiger partial charge in [0, 0.05) is 46.2 Å². The van der Waals surface area contributed by atoms with Gasteiger partial charge in [-0.25, -0.2) is 4.39 Å². The second-order valence-electron chi connectivity index (χ2n) is 10.6. The lowest BCUT2D eigenvalue weighted by atomic mass is 9.90. The lowest BCUT2D eigenvalue weighted by Crippen LogP contribution is -2.56. The molecule has 0 radical (unpaired) electrons. The Balaban J connectivity index is 1.42. The molecule has 2 heterocycles. The van der Waals surface area contributed by atoms with Gasteiger partial charge in [0.05, 0.1) is 17.8 Å². The number of carbonyl (C=O) groups excluding carboxylic acids is 1. The van der Waals surface area contributed by atoms with Gasteiger partial charge in [0.1, 0.15) is 23.8 Å². The van der Waals surface area contributed by atoms with E-state index in [1.165, 1.54) is 18.6 Å². The quantitative estimate of drug-likeness (QED) is 0.637. The number of anilines is 1. The molecule has 0 bridgehead atoms. The molecule has 1 unspecified atom stereocenters. The minimum atomic E-state index is -1.29. The SMILES string of the molecule is CC(=O)N1CCN(CC2(O)CCN(c3ccccc3F)CC2)CC(O)(COc2ccc(C)c(C)c2)C1. The fourth-order valence-corrected chi connectivity index (χ4v) is 5.20. The predicted octanol–water partition coefficient (Wildman–Crippen LogP) is 2.75. The Morgan fingerprint density at radius 3 is 2.36 bits per heavy atom. The van der Waals surface area contributed by atoms with Crippen molar-refractivity contribution in [1.82, 2.24) is 9.80 Å². The van der Waals surface area contributed by atoms with Crippen molar-refractivity contribution in [2.75, 3.05) is 57.3 Å². The van der Waals surface area contributed by atoms with Gasteiger partial charge in [0.2, 0.25) is 5.91 Å². The molecule has 8 heteroatoms. The van der Waals surface area contributed by atoms with E-state index >= 15 is 0 Å². The van der Waals surface area contributed by atoms with Crippen molar-refractivity contribution in [2.24, 2.45) is 0 Å². The second kappa shape index (κ2) is 10.7. The zero-order chi connectivity index (χ0) is 25.9. The second-order valence-corrected chi connectivity index (χ2v) is 10.6. The average molecular weight is 500 g/mol. The van der Waals surface area contributed by atoms with Crippen LogP contribution in [0.15, 0.2) is 42.5 Å². The maximum atomic E-state index is 14.2. The summed E-state index contributed by atoms with van der Waals surface area (Å²) in [7, 11) is 0. The molecular formula is C28H38FN3O4. The van der Waals surface area contributed by atoms with Crippen LogP contribution in [0.1, 0.15) is 30.9 Å². The number of benzene rings is 2. The number of nitrogens with zero attached hydrogens (tertiary/aromatic N) is 3. The van der Waals surface area contributed by atoms with E-state index in [0.29, 0.717) is 57.0 Å². The average Bonchev–Trinajstić information content (AvgIpc) is 2.99. The molecule has 2 aliphatic rings. The van der Waals surface area contributed by atoms with Crippen LogP contribution in [-0.4, -0.2) is 89.5 Å². The largest absolute Gasteiger partial charge is 0.490 e. The molecule has 2 saturated heterocycles. The van der Waals surface area contributed by atoms with Crippen LogP contribution in [0, 0.1) is 19.7 Å². The topological polar surface area (TPSA) is 76.5 Å². The van der Waals surface area contributed by atoms with Gasteiger partial charge in [-0.2, -0.15) is 0 Å². The van der Waals surface area contributed by atoms with Crippen LogP contribution in [0.3, 0.4) is 0 Å². The normalized spacial score (nSPS) is 22.8. The fourth-order valence-electron chi connectivity index (χ4n) is 5.20. The lowest BCUT2D eigenvalue weighted by molar-refractivity contribution is -0.132. The van der Waals surface area contributed by atoms with Crippen molar-refractivity contribution < 1.29 is 24.1 Å². The van der Waals surface area contributed by atoms with Crippen LogP contribution >= 0.6 is 0 Å². The van der Waals surface area contributed by atoms with Crippen molar-refractivity contribution in [3.8, 4) is 5.75 Å². The molecule has 2 aliphatic heterocycles. The molecule has 2 aromatic carbocycles. The highest BCUT2D eigenvalue weighted by Gasteiger charge is 2.41. The smallest absolute Gasteiger partial charge is 0.219 e. The van der Waals surface area contributed by atoms with Crippen LogP contribution in [0.25, 0.3) is 0 Å². The molecule has 2 N–H and O–H groups in total. The van der Waals surface area contributed by atoms with E-state index < -0.39 is 11.2 Å². The van der Waals surface area contributed by atoms with Crippen molar-refractivity contribution in [1.29, 1.82) is 0 Å². The standard InChI is InChI=1S/C28H38FN3O4/c1-21-8-9-24(16-22(21)2)36-20-28(35)18-30(14-15-32(19-28)23(3)33)17-27(34)10-12-31(13-11-27)26-7-5-4-6-25(26)29/h4-9,16,34-35H,10-15,17-20H2,1-3H3. The van der Waals surface area contributed by atoms with Gasteiger partial charge in [0.15, 0.2) is 0 Å². The van der Waals surface area contributed by atoms with Crippen LogP contribution in [0.4, 0.5) is 10.1 Å². The summed E-state index contributed by atoms with van der Waals surface area (Å²) >= 11 is 0. The molecule has 0 saturated carbocycles. The highest BCUT2D eigenvalue weighted by Crippen LogP contribution is 2.30. The Labute approximate surface area is 213 Å². The maximum absolute atomic E-state index is 14.2. The van der Waals surface area contributed by atoms with E-state index in [4.69, 9.17) is 4.74 Å². The van der Waals surface area contributed by atoms with E-state index in [1.807, 2.05) is 47.9 Å². The number of aryl methyl sites for hydroxylation is 2. The summed E-state index contributed by atoms with van der Waals surface area (Å²) in [6.45, 7) is 8.52.